The smallest absolute Gasteiger partial charge is 0.475 e. The fourth-order valence-electron chi connectivity index (χ4n) is 3.53. The van der Waals surface area contributed by atoms with Crippen LogP contribution in [0.5, 0.6) is 0 Å². The second kappa shape index (κ2) is 7.78. The monoisotopic (exact) mass is 403 g/mol. The number of carboxylic acids is 1. The highest BCUT2D eigenvalue weighted by Gasteiger charge is 2.38. The summed E-state index contributed by atoms with van der Waals surface area (Å²) in [5, 5.41) is 7.93. The number of hydrogen-bond donors (Lipinski definition) is 4. The van der Waals surface area contributed by atoms with E-state index in [1.807, 2.05) is 13.8 Å². The number of primary amides is 1. The van der Waals surface area contributed by atoms with Gasteiger partial charge in [0.1, 0.15) is 5.82 Å². The van der Waals surface area contributed by atoms with Crippen LogP contribution in [-0.4, -0.2) is 34.2 Å². The lowest BCUT2D eigenvalue weighted by molar-refractivity contribution is -0.192. The number of aromatic amines is 1. The summed E-state index contributed by atoms with van der Waals surface area (Å²) in [6, 6.07) is 1.39. The Morgan fingerprint density at radius 3 is 2.25 bits per heavy atom. The van der Waals surface area contributed by atoms with Crippen LogP contribution < -0.4 is 11.5 Å². The van der Waals surface area contributed by atoms with Crippen LogP contribution in [0.15, 0.2) is 6.07 Å². The van der Waals surface area contributed by atoms with Gasteiger partial charge in [0, 0.05) is 22.7 Å². The Bertz CT molecular complexity index is 921. The van der Waals surface area contributed by atoms with Crippen molar-refractivity contribution in [1.82, 2.24) is 4.98 Å². The van der Waals surface area contributed by atoms with E-state index in [-0.39, 0.29) is 23.3 Å². The van der Waals surface area contributed by atoms with E-state index < -0.39 is 18.1 Å². The highest BCUT2D eigenvalue weighted by atomic mass is 19.4. The van der Waals surface area contributed by atoms with E-state index in [0.717, 1.165) is 35.9 Å². The maximum absolute atomic E-state index is 14.6. The summed E-state index contributed by atoms with van der Waals surface area (Å²) >= 11 is 0. The molecular formula is C18H21F4N3O3. The molecule has 0 radical (unpaired) electrons. The molecule has 1 heterocycles. The fourth-order valence-corrected chi connectivity index (χ4v) is 3.53. The zero-order valence-corrected chi connectivity index (χ0v) is 15.3. The van der Waals surface area contributed by atoms with Crippen molar-refractivity contribution < 1.29 is 32.3 Å². The molecule has 154 valence electrons. The summed E-state index contributed by atoms with van der Waals surface area (Å²) in [4.78, 5) is 23.7. The standard InChI is InChI=1S/C16H20FN3O.C2HF3O2/c1-7-8(2)20-15-11(16(19)21)6-12(17)14(13(7)15)9-3-4-10(18)5-9;3-2(4,5)1(6)7/h6,9-10,20H,3-5,18H2,1-2H3,(H2,19,21);(H,6,7)/t9?,10-;/m1./s1. The number of amides is 1. The van der Waals surface area contributed by atoms with E-state index in [4.69, 9.17) is 21.4 Å². The molecule has 1 aliphatic carbocycles. The van der Waals surface area contributed by atoms with Crippen LogP contribution >= 0.6 is 0 Å². The average molecular weight is 403 g/mol. The van der Waals surface area contributed by atoms with Crippen molar-refractivity contribution in [3.8, 4) is 0 Å². The number of carbonyl (C=O) groups is 2. The largest absolute Gasteiger partial charge is 0.490 e. The molecule has 1 aromatic heterocycles. The molecular weight excluding hydrogens is 382 g/mol. The number of aromatic nitrogens is 1. The molecule has 1 fully saturated rings. The fraction of sp³-hybridized carbons (Fsp3) is 0.444. The van der Waals surface area contributed by atoms with Crippen LogP contribution in [0.25, 0.3) is 10.9 Å². The van der Waals surface area contributed by atoms with E-state index in [1.165, 1.54) is 6.07 Å². The lowest BCUT2D eigenvalue weighted by atomic mass is 9.90. The molecule has 1 amide bonds. The van der Waals surface area contributed by atoms with E-state index in [1.54, 1.807) is 0 Å². The zero-order valence-electron chi connectivity index (χ0n) is 15.3. The number of aliphatic carboxylic acids is 1. The van der Waals surface area contributed by atoms with Crippen molar-refractivity contribution in [3.63, 3.8) is 0 Å². The molecule has 6 nitrogen and oxygen atoms in total. The summed E-state index contributed by atoms with van der Waals surface area (Å²) in [7, 11) is 0. The Balaban J connectivity index is 0.000000345. The van der Waals surface area contributed by atoms with Crippen molar-refractivity contribution in [1.29, 1.82) is 0 Å². The summed E-state index contributed by atoms with van der Waals surface area (Å²) in [6.07, 6.45) is -2.51. The molecule has 2 aromatic rings. The van der Waals surface area contributed by atoms with Crippen LogP contribution in [-0.2, 0) is 4.79 Å². The maximum atomic E-state index is 14.6. The van der Waals surface area contributed by atoms with E-state index >= 15 is 0 Å². The lowest BCUT2D eigenvalue weighted by Gasteiger charge is -2.15. The molecule has 6 N–H and O–H groups in total. The molecule has 1 saturated carbocycles. The molecule has 28 heavy (non-hydrogen) atoms. The molecule has 0 spiro atoms. The first-order valence-corrected chi connectivity index (χ1v) is 8.51. The van der Waals surface area contributed by atoms with Gasteiger partial charge < -0.3 is 21.6 Å². The van der Waals surface area contributed by atoms with Crippen molar-refractivity contribution in [2.24, 2.45) is 11.5 Å². The molecule has 10 heteroatoms. The average Bonchev–Trinajstić information content (AvgIpc) is 3.11. The van der Waals surface area contributed by atoms with Crippen LogP contribution in [0.2, 0.25) is 0 Å². The number of rotatable bonds is 2. The predicted octanol–water partition coefficient (Wildman–Crippen LogP) is 3.25. The Morgan fingerprint density at radius 2 is 1.82 bits per heavy atom. The number of benzene rings is 1. The number of fused-ring (bicyclic) bond motifs is 1. The van der Waals surface area contributed by atoms with Gasteiger partial charge in [-0.3, -0.25) is 4.79 Å². The van der Waals surface area contributed by atoms with Crippen LogP contribution in [0.3, 0.4) is 0 Å². The minimum Gasteiger partial charge on any atom is -0.475 e. The minimum absolute atomic E-state index is 0.110. The second-order valence-electron chi connectivity index (χ2n) is 6.88. The van der Waals surface area contributed by atoms with Crippen molar-refractivity contribution >= 4 is 22.8 Å². The molecule has 1 aliphatic rings. The number of alkyl halides is 3. The Kier molecular flexibility index (Phi) is 6.03. The summed E-state index contributed by atoms with van der Waals surface area (Å²) in [5.41, 5.74) is 14.8. The van der Waals surface area contributed by atoms with Gasteiger partial charge in [-0.1, -0.05) is 0 Å². The third-order valence-electron chi connectivity index (χ3n) is 4.96. The Hall–Kier alpha value is -2.62. The number of halogens is 4. The number of carboxylic acid groups (broad SMARTS) is 1. The number of hydrogen-bond acceptors (Lipinski definition) is 3. The van der Waals surface area contributed by atoms with E-state index in [9.17, 15) is 22.4 Å². The highest BCUT2D eigenvalue weighted by Crippen LogP contribution is 2.41. The summed E-state index contributed by atoms with van der Waals surface area (Å²) in [6.45, 7) is 3.86. The van der Waals surface area contributed by atoms with Crippen molar-refractivity contribution in [2.75, 3.05) is 0 Å². The van der Waals surface area contributed by atoms with Gasteiger partial charge in [-0.25, -0.2) is 9.18 Å². The third-order valence-corrected chi connectivity index (χ3v) is 4.96. The highest BCUT2D eigenvalue weighted by molar-refractivity contribution is 6.07. The zero-order chi connectivity index (χ0) is 21.4. The lowest BCUT2D eigenvalue weighted by Crippen LogP contribution is -2.21. The minimum atomic E-state index is -5.08. The molecule has 2 atom stereocenters. The summed E-state index contributed by atoms with van der Waals surface area (Å²) < 4.78 is 46.4. The quantitative estimate of drug-likeness (QED) is 0.575. The summed E-state index contributed by atoms with van der Waals surface area (Å²) in [5.74, 6) is -3.61. The van der Waals surface area contributed by atoms with Gasteiger partial charge in [-0.2, -0.15) is 13.2 Å². The van der Waals surface area contributed by atoms with Crippen LogP contribution in [0, 0.1) is 19.7 Å². The van der Waals surface area contributed by atoms with Gasteiger partial charge in [-0.05, 0) is 50.7 Å². The third kappa shape index (κ3) is 4.27. The second-order valence-corrected chi connectivity index (χ2v) is 6.88. The molecule has 1 aromatic carbocycles. The number of nitrogens with one attached hydrogen (secondary N) is 1. The SMILES string of the molecule is Cc1[nH]c2c(C(N)=O)cc(F)c(C3CC[C@@H](N)C3)c2c1C.O=C(O)C(F)(F)F. The molecule has 0 aliphatic heterocycles. The van der Waals surface area contributed by atoms with Gasteiger partial charge in [0.2, 0.25) is 0 Å². The normalized spacial score (nSPS) is 19.4. The number of aryl methyl sites for hydroxylation is 2. The molecule has 1 unspecified atom stereocenters. The topological polar surface area (TPSA) is 122 Å². The maximum Gasteiger partial charge on any atom is 0.490 e. The van der Waals surface area contributed by atoms with Gasteiger partial charge in [0.15, 0.2) is 0 Å². The van der Waals surface area contributed by atoms with Gasteiger partial charge in [0.05, 0.1) is 11.1 Å². The number of carbonyl (C=O) groups excluding carboxylic acids is 1. The Labute approximate surface area is 157 Å². The molecule has 0 bridgehead atoms. The van der Waals surface area contributed by atoms with Crippen molar-refractivity contribution in [2.45, 2.75) is 51.2 Å². The predicted molar refractivity (Wildman–Crippen MR) is 94.5 cm³/mol. The Morgan fingerprint density at radius 1 is 1.25 bits per heavy atom. The molecule has 3 rings (SSSR count). The van der Waals surface area contributed by atoms with Gasteiger partial charge in [-0.15, -0.1) is 0 Å². The van der Waals surface area contributed by atoms with E-state index in [2.05, 4.69) is 4.98 Å². The first-order chi connectivity index (χ1) is 12.8. The number of H-pyrrole nitrogens is 1. The van der Waals surface area contributed by atoms with Crippen molar-refractivity contribution in [3.05, 3.63) is 34.3 Å². The number of nitrogens with two attached hydrogens (primary N) is 2. The van der Waals surface area contributed by atoms with Crippen LogP contribution in [0.1, 0.15) is 52.4 Å². The van der Waals surface area contributed by atoms with Gasteiger partial charge >= 0.3 is 12.1 Å². The van der Waals surface area contributed by atoms with Crippen LogP contribution in [0.4, 0.5) is 17.6 Å². The molecule has 0 saturated heterocycles. The first kappa shape index (κ1) is 21.7. The van der Waals surface area contributed by atoms with Gasteiger partial charge in [0.25, 0.3) is 5.91 Å². The van der Waals surface area contributed by atoms with E-state index in [0.29, 0.717) is 11.1 Å². The first-order valence-electron chi connectivity index (χ1n) is 8.51.